The van der Waals surface area contributed by atoms with Gasteiger partial charge in [0, 0.05) is 10.0 Å². The normalized spacial score (nSPS) is 10.8. The summed E-state index contributed by atoms with van der Waals surface area (Å²) in [6, 6.07) is 7.53. The minimum atomic E-state index is -1.20. The maximum atomic E-state index is 13.2. The summed E-state index contributed by atoms with van der Waals surface area (Å²) < 4.78 is 19.2. The standard InChI is InChI=1S/C14H7BrFNO3S/c15-9-6-7(16)3-4-8(9)12-11(14(18)19)17-13(20-12)10-2-1-5-21-10/h1-6H,(H,18,19). The van der Waals surface area contributed by atoms with E-state index >= 15 is 0 Å². The molecule has 0 unspecified atom stereocenters. The molecule has 0 aliphatic heterocycles. The number of thiophene rings is 1. The van der Waals surface area contributed by atoms with E-state index in [4.69, 9.17) is 4.42 Å². The van der Waals surface area contributed by atoms with E-state index in [9.17, 15) is 14.3 Å². The Hall–Kier alpha value is -1.99. The fourth-order valence-corrected chi connectivity index (χ4v) is 3.01. The zero-order chi connectivity index (χ0) is 15.0. The Morgan fingerprint density at radius 1 is 1.38 bits per heavy atom. The molecule has 3 rings (SSSR count). The number of rotatable bonds is 3. The second kappa shape index (κ2) is 5.42. The van der Waals surface area contributed by atoms with Gasteiger partial charge in [0.15, 0.2) is 11.5 Å². The summed E-state index contributed by atoms with van der Waals surface area (Å²) in [5, 5.41) is 11.1. The molecular weight excluding hydrogens is 361 g/mol. The molecule has 0 fully saturated rings. The van der Waals surface area contributed by atoms with Gasteiger partial charge in [-0.3, -0.25) is 0 Å². The highest BCUT2D eigenvalue weighted by atomic mass is 79.9. The van der Waals surface area contributed by atoms with E-state index in [2.05, 4.69) is 20.9 Å². The summed E-state index contributed by atoms with van der Waals surface area (Å²) >= 11 is 4.60. The van der Waals surface area contributed by atoms with Crippen molar-refractivity contribution >= 4 is 33.2 Å². The fraction of sp³-hybridized carbons (Fsp3) is 0. The number of hydrogen-bond acceptors (Lipinski definition) is 4. The van der Waals surface area contributed by atoms with Crippen molar-refractivity contribution in [3.63, 3.8) is 0 Å². The van der Waals surface area contributed by atoms with Gasteiger partial charge in [0.2, 0.25) is 5.89 Å². The highest BCUT2D eigenvalue weighted by Gasteiger charge is 2.23. The molecule has 0 spiro atoms. The maximum Gasteiger partial charge on any atom is 0.358 e. The number of carboxylic acids is 1. The van der Waals surface area contributed by atoms with Crippen molar-refractivity contribution in [2.45, 2.75) is 0 Å². The molecule has 0 saturated heterocycles. The van der Waals surface area contributed by atoms with Crippen LogP contribution in [0.1, 0.15) is 10.5 Å². The first kappa shape index (κ1) is 14.0. The highest BCUT2D eigenvalue weighted by molar-refractivity contribution is 9.10. The van der Waals surface area contributed by atoms with Gasteiger partial charge >= 0.3 is 5.97 Å². The van der Waals surface area contributed by atoms with Crippen molar-refractivity contribution in [3.8, 4) is 22.1 Å². The second-order valence-electron chi connectivity index (χ2n) is 4.10. The van der Waals surface area contributed by atoms with E-state index in [1.807, 2.05) is 11.4 Å². The molecular formula is C14H7BrFNO3S. The van der Waals surface area contributed by atoms with Gasteiger partial charge in [-0.25, -0.2) is 14.2 Å². The van der Waals surface area contributed by atoms with Crippen LogP contribution in [0, 0.1) is 5.82 Å². The van der Waals surface area contributed by atoms with Crippen LogP contribution < -0.4 is 0 Å². The zero-order valence-electron chi connectivity index (χ0n) is 10.3. The van der Waals surface area contributed by atoms with Crippen LogP contribution in [0.5, 0.6) is 0 Å². The molecule has 2 heterocycles. The summed E-state index contributed by atoms with van der Waals surface area (Å²) in [5.41, 5.74) is 0.231. The van der Waals surface area contributed by atoms with E-state index in [0.717, 1.165) is 4.88 Å². The first-order valence-corrected chi connectivity index (χ1v) is 7.47. The molecule has 0 aliphatic rings. The number of carbonyl (C=O) groups is 1. The Morgan fingerprint density at radius 2 is 2.19 bits per heavy atom. The lowest BCUT2D eigenvalue weighted by Gasteiger charge is -2.01. The van der Waals surface area contributed by atoms with Crippen molar-refractivity contribution in [3.05, 3.63) is 51.7 Å². The molecule has 1 aromatic carbocycles. The van der Waals surface area contributed by atoms with Gasteiger partial charge in [-0.15, -0.1) is 11.3 Å². The number of hydrogen-bond donors (Lipinski definition) is 1. The lowest BCUT2D eigenvalue weighted by atomic mass is 10.1. The minimum Gasteiger partial charge on any atom is -0.476 e. The molecule has 0 radical (unpaired) electrons. The Kier molecular flexibility index (Phi) is 3.60. The topological polar surface area (TPSA) is 63.3 Å². The Bertz CT molecular complexity index is 814. The van der Waals surface area contributed by atoms with Gasteiger partial charge in [-0.2, -0.15) is 0 Å². The van der Waals surface area contributed by atoms with E-state index < -0.39 is 11.8 Å². The molecule has 0 aliphatic carbocycles. The van der Waals surface area contributed by atoms with Crippen molar-refractivity contribution in [2.75, 3.05) is 0 Å². The first-order valence-electron chi connectivity index (χ1n) is 5.79. The molecule has 0 saturated carbocycles. The summed E-state index contributed by atoms with van der Waals surface area (Å²) in [5.74, 6) is -1.31. The molecule has 106 valence electrons. The highest BCUT2D eigenvalue weighted by Crippen LogP contribution is 2.35. The molecule has 0 amide bonds. The van der Waals surface area contributed by atoms with Gasteiger partial charge in [0.25, 0.3) is 0 Å². The third kappa shape index (κ3) is 2.62. The Labute approximate surface area is 131 Å². The number of aromatic nitrogens is 1. The van der Waals surface area contributed by atoms with Crippen molar-refractivity contribution < 1.29 is 18.7 Å². The molecule has 0 atom stereocenters. The number of aromatic carboxylic acids is 1. The average molecular weight is 368 g/mol. The molecule has 7 heteroatoms. The molecule has 1 N–H and O–H groups in total. The van der Waals surface area contributed by atoms with Crippen LogP contribution in [0.2, 0.25) is 0 Å². The molecule has 0 bridgehead atoms. The number of carboxylic acid groups (broad SMARTS) is 1. The van der Waals surface area contributed by atoms with Crippen molar-refractivity contribution in [2.24, 2.45) is 0 Å². The van der Waals surface area contributed by atoms with E-state index in [1.165, 1.54) is 29.5 Å². The smallest absolute Gasteiger partial charge is 0.358 e. The van der Waals surface area contributed by atoms with E-state index in [0.29, 0.717) is 10.0 Å². The quantitative estimate of drug-likeness (QED) is 0.730. The minimum absolute atomic E-state index is 0.0952. The third-order valence-electron chi connectivity index (χ3n) is 2.74. The number of benzene rings is 1. The number of nitrogens with zero attached hydrogens (tertiary/aromatic N) is 1. The van der Waals surface area contributed by atoms with Crippen LogP contribution in [0.15, 0.2) is 44.6 Å². The molecule has 4 nitrogen and oxygen atoms in total. The maximum absolute atomic E-state index is 13.2. The predicted molar refractivity (Wildman–Crippen MR) is 79.9 cm³/mol. The SMILES string of the molecule is O=C(O)c1nc(-c2cccs2)oc1-c1ccc(F)cc1Br. The summed E-state index contributed by atoms with van der Waals surface area (Å²) in [7, 11) is 0. The monoisotopic (exact) mass is 367 g/mol. The van der Waals surface area contributed by atoms with E-state index in [1.54, 1.807) is 6.07 Å². The van der Waals surface area contributed by atoms with Crippen LogP contribution in [0.3, 0.4) is 0 Å². The van der Waals surface area contributed by atoms with Crippen LogP contribution in [0.4, 0.5) is 4.39 Å². The van der Waals surface area contributed by atoms with Crippen LogP contribution >= 0.6 is 27.3 Å². The van der Waals surface area contributed by atoms with Crippen molar-refractivity contribution in [1.29, 1.82) is 0 Å². The summed E-state index contributed by atoms with van der Waals surface area (Å²) in [6.45, 7) is 0. The molecule has 2 aromatic heterocycles. The Balaban J connectivity index is 2.19. The van der Waals surface area contributed by atoms with Crippen LogP contribution in [-0.4, -0.2) is 16.1 Å². The fourth-order valence-electron chi connectivity index (χ4n) is 1.83. The predicted octanol–water partition coefficient (Wildman–Crippen LogP) is 4.67. The van der Waals surface area contributed by atoms with Crippen LogP contribution in [-0.2, 0) is 0 Å². The van der Waals surface area contributed by atoms with Gasteiger partial charge in [0.1, 0.15) is 5.82 Å². The second-order valence-corrected chi connectivity index (χ2v) is 5.91. The first-order chi connectivity index (χ1) is 10.1. The van der Waals surface area contributed by atoms with E-state index in [-0.39, 0.29) is 17.3 Å². The number of oxazole rings is 1. The molecule has 3 aromatic rings. The van der Waals surface area contributed by atoms with Gasteiger partial charge in [-0.05, 0) is 45.6 Å². The lowest BCUT2D eigenvalue weighted by molar-refractivity contribution is 0.0691. The third-order valence-corrected chi connectivity index (χ3v) is 4.25. The largest absolute Gasteiger partial charge is 0.476 e. The summed E-state index contributed by atoms with van der Waals surface area (Å²) in [6.07, 6.45) is 0. The van der Waals surface area contributed by atoms with Gasteiger partial charge in [0.05, 0.1) is 4.88 Å². The summed E-state index contributed by atoms with van der Waals surface area (Å²) in [4.78, 5) is 16.1. The van der Waals surface area contributed by atoms with Crippen LogP contribution in [0.25, 0.3) is 22.1 Å². The van der Waals surface area contributed by atoms with Gasteiger partial charge in [-0.1, -0.05) is 6.07 Å². The zero-order valence-corrected chi connectivity index (χ0v) is 12.7. The Morgan fingerprint density at radius 3 is 2.81 bits per heavy atom. The molecule has 21 heavy (non-hydrogen) atoms. The number of halogens is 2. The van der Waals surface area contributed by atoms with Crippen molar-refractivity contribution in [1.82, 2.24) is 4.98 Å². The average Bonchev–Trinajstić information content (AvgIpc) is 3.07. The van der Waals surface area contributed by atoms with Gasteiger partial charge < -0.3 is 9.52 Å². The lowest BCUT2D eigenvalue weighted by Crippen LogP contribution is -1.99.